The zero-order valence-corrected chi connectivity index (χ0v) is 11.2. The van der Waals surface area contributed by atoms with Gasteiger partial charge in [0.1, 0.15) is 0 Å². The molecule has 0 saturated heterocycles. The van der Waals surface area contributed by atoms with Crippen molar-refractivity contribution in [3.05, 3.63) is 29.8 Å². The molecule has 0 bridgehead atoms. The van der Waals surface area contributed by atoms with Gasteiger partial charge in [-0.15, -0.1) is 0 Å². The smallest absolute Gasteiger partial charge is 0.433 e. The van der Waals surface area contributed by atoms with Gasteiger partial charge in [0.05, 0.1) is 12.1 Å². The summed E-state index contributed by atoms with van der Waals surface area (Å²) in [5.41, 5.74) is 1.21. The molecule has 72 valence electrons. The molecule has 15 heavy (non-hydrogen) atoms. The van der Waals surface area contributed by atoms with Gasteiger partial charge >= 0.3 is 51.4 Å². The minimum absolute atomic E-state index is 0. The Labute approximate surface area is 128 Å². The molecule has 1 amide bonds. The van der Waals surface area contributed by atoms with E-state index < -0.39 is 12.1 Å². The van der Waals surface area contributed by atoms with Crippen LogP contribution < -0.4 is 61.6 Å². The van der Waals surface area contributed by atoms with Crippen molar-refractivity contribution in [3.8, 4) is 0 Å². The Hall–Kier alpha value is -0.404. The number of carbonyl (C=O) groups is 2. The van der Waals surface area contributed by atoms with Crippen LogP contribution in [0.4, 0.5) is 10.5 Å². The van der Waals surface area contributed by atoms with Crippen molar-refractivity contribution < 1.29 is 70.9 Å². The minimum Gasteiger partial charge on any atom is -0.433 e. The van der Waals surface area contributed by atoms with Crippen molar-refractivity contribution in [2.24, 2.45) is 0 Å². The van der Waals surface area contributed by atoms with Crippen LogP contribution in [0.1, 0.15) is 5.56 Å². The largest absolute Gasteiger partial charge is 1.00 e. The van der Waals surface area contributed by atoms with Gasteiger partial charge in [-0.3, -0.25) is 4.79 Å². The van der Waals surface area contributed by atoms with Gasteiger partial charge in [-0.1, -0.05) is 18.2 Å². The van der Waals surface area contributed by atoms with E-state index in [0.717, 1.165) is 10.6 Å². The summed E-state index contributed by atoms with van der Waals surface area (Å²) in [5.74, 6) is -0.407. The van der Waals surface area contributed by atoms with Crippen LogP contribution in [0.15, 0.2) is 24.3 Å². The van der Waals surface area contributed by atoms with E-state index in [-0.39, 0.29) is 57.8 Å². The van der Waals surface area contributed by atoms with Crippen molar-refractivity contribution in [2.45, 2.75) is 6.42 Å². The molecular weight excluding hydrogens is 225 g/mol. The van der Waals surface area contributed by atoms with Gasteiger partial charge in [-0.05, 0) is 11.6 Å². The summed E-state index contributed by atoms with van der Waals surface area (Å²) in [7, 11) is 0. The number of para-hydroxylation sites is 1. The Bertz CT molecular complexity index is 407. The average molecular weight is 231 g/mol. The molecule has 0 unspecified atom stereocenters. The monoisotopic (exact) mass is 231 g/mol. The fourth-order valence-corrected chi connectivity index (χ4v) is 1.40. The first kappa shape index (κ1) is 12.7. The number of hydrogen-bond donors (Lipinski definition) is 0. The Morgan fingerprint density at radius 3 is 2.73 bits per heavy atom. The van der Waals surface area contributed by atoms with Gasteiger partial charge in [0, 0.05) is 0 Å². The van der Waals surface area contributed by atoms with Crippen molar-refractivity contribution >= 4 is 17.7 Å². The predicted molar refractivity (Wildman–Crippen MR) is 44.1 cm³/mol. The molecule has 1 aromatic rings. The van der Waals surface area contributed by atoms with Crippen molar-refractivity contribution in [1.82, 2.24) is 0 Å². The van der Waals surface area contributed by atoms with Crippen LogP contribution in [0, 0.1) is 0 Å². The van der Waals surface area contributed by atoms with Crippen molar-refractivity contribution in [3.63, 3.8) is 0 Å². The van der Waals surface area contributed by atoms with E-state index in [1.165, 1.54) is 0 Å². The van der Waals surface area contributed by atoms with E-state index >= 15 is 0 Å². The van der Waals surface area contributed by atoms with E-state index in [1.807, 2.05) is 0 Å². The van der Waals surface area contributed by atoms with Gasteiger partial charge < -0.3 is 14.7 Å². The molecule has 0 saturated carbocycles. The molecule has 0 atom stereocenters. The third-order valence-corrected chi connectivity index (χ3v) is 1.94. The number of hydroxylamine groups is 1. The van der Waals surface area contributed by atoms with Gasteiger partial charge in [0.2, 0.25) is 0 Å². The summed E-state index contributed by atoms with van der Waals surface area (Å²) in [6, 6.07) is 6.83. The van der Waals surface area contributed by atoms with Gasteiger partial charge in [-0.2, -0.15) is 0 Å². The maximum absolute atomic E-state index is 11.3. The summed E-state index contributed by atoms with van der Waals surface area (Å²) in [6.45, 7) is 0. The first-order chi connectivity index (χ1) is 6.68. The van der Waals surface area contributed by atoms with Crippen LogP contribution in [0.5, 0.6) is 0 Å². The van der Waals surface area contributed by atoms with Crippen LogP contribution >= 0.6 is 0 Å². The third-order valence-electron chi connectivity index (χ3n) is 1.94. The van der Waals surface area contributed by atoms with Gasteiger partial charge in [-0.25, -0.2) is 5.06 Å². The molecular formula is C9H6KNO4. The van der Waals surface area contributed by atoms with E-state index in [4.69, 9.17) is 0 Å². The van der Waals surface area contributed by atoms with Crippen LogP contribution in [-0.2, 0) is 16.1 Å². The molecule has 0 fully saturated rings. The molecule has 0 N–H and O–H groups in total. The number of anilines is 1. The van der Waals surface area contributed by atoms with Crippen LogP contribution in [0.2, 0.25) is 0 Å². The van der Waals surface area contributed by atoms with Crippen molar-refractivity contribution in [2.75, 3.05) is 5.06 Å². The Morgan fingerprint density at radius 1 is 1.40 bits per heavy atom. The van der Waals surface area contributed by atoms with Crippen LogP contribution in [0.3, 0.4) is 0 Å². The topological polar surface area (TPSA) is 69.7 Å². The predicted octanol–water partition coefficient (Wildman–Crippen LogP) is -3.15. The Morgan fingerprint density at radius 2 is 2.07 bits per heavy atom. The van der Waals surface area contributed by atoms with E-state index in [9.17, 15) is 14.7 Å². The third kappa shape index (κ3) is 2.58. The van der Waals surface area contributed by atoms with E-state index in [2.05, 4.69) is 4.84 Å². The number of carbonyl (C=O) groups excluding carboxylic acids is 2. The molecule has 1 heterocycles. The molecule has 5 nitrogen and oxygen atoms in total. The maximum atomic E-state index is 11.3. The normalized spacial score (nSPS) is 13.1. The molecule has 1 aliphatic heterocycles. The molecule has 6 heteroatoms. The van der Waals surface area contributed by atoms with Gasteiger partial charge in [0.15, 0.2) is 0 Å². The zero-order chi connectivity index (χ0) is 10.1. The maximum Gasteiger partial charge on any atom is 1.00 e. The number of nitrogens with zero attached hydrogens (tertiary/aromatic N) is 1. The number of benzene rings is 1. The molecule has 0 aromatic heterocycles. The van der Waals surface area contributed by atoms with Gasteiger partial charge in [0.25, 0.3) is 12.1 Å². The molecule has 1 aliphatic rings. The SMILES string of the molecule is O=C([O-])ON1C(=O)Cc2ccccc21.[K+]. The summed E-state index contributed by atoms with van der Waals surface area (Å²) in [4.78, 5) is 25.7. The van der Waals surface area contributed by atoms with Crippen LogP contribution in [0.25, 0.3) is 0 Å². The second-order valence-electron chi connectivity index (χ2n) is 2.83. The first-order valence-corrected chi connectivity index (χ1v) is 3.98. The summed E-state index contributed by atoms with van der Waals surface area (Å²) < 4.78 is 0. The zero-order valence-electron chi connectivity index (χ0n) is 8.10. The second kappa shape index (κ2) is 5.09. The fourth-order valence-electron chi connectivity index (χ4n) is 1.40. The second-order valence-corrected chi connectivity index (χ2v) is 2.83. The van der Waals surface area contributed by atoms with Crippen LogP contribution in [-0.4, -0.2) is 12.1 Å². The summed E-state index contributed by atoms with van der Waals surface area (Å²) in [5, 5.41) is 10.9. The minimum atomic E-state index is -1.74. The number of hydrogen-bond acceptors (Lipinski definition) is 4. The van der Waals surface area contributed by atoms with E-state index in [0.29, 0.717) is 5.69 Å². The average Bonchev–Trinajstić information content (AvgIpc) is 2.43. The molecule has 1 aromatic carbocycles. The molecule has 0 radical (unpaired) electrons. The standard InChI is InChI=1S/C9H7NO4.K/c11-8-5-6-3-1-2-4-7(6)10(8)14-9(12)13;/h1-4H,5H2,(H,12,13);/q;+1/p-1. The van der Waals surface area contributed by atoms with E-state index in [1.54, 1.807) is 24.3 Å². The fraction of sp³-hybridized carbons (Fsp3) is 0.111. The molecule has 0 aliphatic carbocycles. The quantitative estimate of drug-likeness (QED) is 0.479. The number of amides is 1. The Kier molecular flexibility index (Phi) is 4.29. The number of rotatable bonds is 1. The number of carboxylic acid groups (broad SMARTS) is 1. The summed E-state index contributed by atoms with van der Waals surface area (Å²) >= 11 is 0. The summed E-state index contributed by atoms with van der Waals surface area (Å²) in [6.07, 6.45) is -1.58. The molecule has 0 spiro atoms. The number of fused-ring (bicyclic) bond motifs is 1. The van der Waals surface area contributed by atoms with Crippen molar-refractivity contribution in [1.29, 1.82) is 0 Å². The molecule has 2 rings (SSSR count). The first-order valence-electron chi connectivity index (χ1n) is 3.98. The Balaban J connectivity index is 0.00000112.